The first kappa shape index (κ1) is 23.4. The molecule has 4 aromatic rings. The monoisotopic (exact) mass is 499 g/mol. The fourth-order valence-electron chi connectivity index (χ4n) is 5.31. The molecule has 2 aliphatic rings. The number of benzene rings is 2. The number of fused-ring (bicyclic) bond motifs is 2. The molecule has 0 bridgehead atoms. The van der Waals surface area contributed by atoms with Crippen molar-refractivity contribution >= 4 is 17.4 Å². The van der Waals surface area contributed by atoms with Crippen LogP contribution in [0, 0.1) is 6.92 Å². The van der Waals surface area contributed by atoms with Crippen LogP contribution in [0.1, 0.15) is 42.5 Å². The van der Waals surface area contributed by atoms with Crippen molar-refractivity contribution in [2.45, 2.75) is 44.6 Å². The van der Waals surface area contributed by atoms with Gasteiger partial charge in [0, 0.05) is 18.0 Å². The van der Waals surface area contributed by atoms with Crippen molar-refractivity contribution in [2.75, 3.05) is 18.9 Å². The third-order valence-electron chi connectivity index (χ3n) is 7.49. The standard InChI is InChI=1S/C28H29N5O4/c1-16-5-4-6-20(13-16)28(3,35)19-9-7-18(8-10-19)23-24-25(29)30-11-12-32(24)26(31-23)22-14-33-21(15-36-22)17(2)37-27(33)34/h4-13,17,21-22,35H,14-15H2,1-3H3,(H2,29,30)/t17-,21-,22+,28+/m0/s1. The maximum absolute atomic E-state index is 12.3. The zero-order valence-electron chi connectivity index (χ0n) is 21.0. The minimum Gasteiger partial charge on any atom is -0.444 e. The Kier molecular flexibility index (Phi) is 5.43. The van der Waals surface area contributed by atoms with E-state index in [1.807, 2.05) is 66.8 Å². The average molecular weight is 500 g/mol. The van der Waals surface area contributed by atoms with Gasteiger partial charge in [0.1, 0.15) is 40.7 Å². The number of hydrogen-bond donors (Lipinski definition) is 2. The molecule has 2 fully saturated rings. The van der Waals surface area contributed by atoms with Crippen LogP contribution in [0.3, 0.4) is 0 Å². The maximum atomic E-state index is 12.3. The summed E-state index contributed by atoms with van der Waals surface area (Å²) in [5.74, 6) is 0.982. The molecule has 2 saturated heterocycles. The molecule has 2 aromatic heterocycles. The molecule has 0 spiro atoms. The van der Waals surface area contributed by atoms with Crippen LogP contribution in [0.5, 0.6) is 0 Å². The quantitative estimate of drug-likeness (QED) is 0.439. The average Bonchev–Trinajstić information content (AvgIpc) is 3.42. The lowest BCUT2D eigenvalue weighted by Gasteiger charge is -2.33. The van der Waals surface area contributed by atoms with E-state index < -0.39 is 11.7 Å². The Hall–Kier alpha value is -3.95. The Labute approximate surface area is 214 Å². The number of morpholine rings is 1. The van der Waals surface area contributed by atoms with Gasteiger partial charge in [-0.2, -0.15) is 0 Å². The Balaban J connectivity index is 1.37. The van der Waals surface area contributed by atoms with Crippen LogP contribution in [0.4, 0.5) is 10.6 Å². The molecule has 3 N–H and O–H groups in total. The summed E-state index contributed by atoms with van der Waals surface area (Å²) in [6.45, 7) is 6.38. The summed E-state index contributed by atoms with van der Waals surface area (Å²) in [4.78, 5) is 23.3. The van der Waals surface area contributed by atoms with Gasteiger partial charge in [-0.25, -0.2) is 14.8 Å². The number of hydrogen-bond acceptors (Lipinski definition) is 7. The van der Waals surface area contributed by atoms with Gasteiger partial charge >= 0.3 is 6.09 Å². The molecule has 9 heteroatoms. The Morgan fingerprint density at radius 2 is 1.95 bits per heavy atom. The Morgan fingerprint density at radius 1 is 1.16 bits per heavy atom. The molecule has 190 valence electrons. The van der Waals surface area contributed by atoms with Crippen LogP contribution in [0.25, 0.3) is 16.8 Å². The predicted molar refractivity (Wildman–Crippen MR) is 138 cm³/mol. The number of anilines is 1. The van der Waals surface area contributed by atoms with Crippen molar-refractivity contribution in [3.8, 4) is 11.3 Å². The number of imidazole rings is 1. The molecule has 1 amide bonds. The number of rotatable bonds is 4. The highest BCUT2D eigenvalue weighted by molar-refractivity contribution is 5.85. The molecule has 0 saturated carbocycles. The number of ether oxygens (including phenoxy) is 2. The number of aryl methyl sites for hydroxylation is 1. The zero-order chi connectivity index (χ0) is 25.9. The molecule has 2 aliphatic heterocycles. The summed E-state index contributed by atoms with van der Waals surface area (Å²) in [6, 6.07) is 15.4. The summed E-state index contributed by atoms with van der Waals surface area (Å²) < 4.78 is 13.4. The number of nitrogens with two attached hydrogens (primary N) is 1. The highest BCUT2D eigenvalue weighted by Crippen LogP contribution is 2.36. The van der Waals surface area contributed by atoms with E-state index in [-0.39, 0.29) is 18.2 Å². The van der Waals surface area contributed by atoms with E-state index in [4.69, 9.17) is 20.2 Å². The fraction of sp³-hybridized carbons (Fsp3) is 0.321. The second kappa shape index (κ2) is 8.57. The SMILES string of the molecule is Cc1cccc([C@](C)(O)c2ccc(-c3nc([C@H]4CN5C(=O)O[C@@H](C)[C@@H]5CO4)n4ccnc(N)c34)cc2)c1. The molecular weight excluding hydrogens is 470 g/mol. The second-order valence-electron chi connectivity index (χ2n) is 10.00. The molecule has 0 unspecified atom stereocenters. The molecule has 6 rings (SSSR count). The topological polar surface area (TPSA) is 115 Å². The zero-order valence-corrected chi connectivity index (χ0v) is 21.0. The van der Waals surface area contributed by atoms with Crippen LogP contribution in [0.15, 0.2) is 60.9 Å². The first-order valence-corrected chi connectivity index (χ1v) is 12.4. The van der Waals surface area contributed by atoms with Crippen molar-refractivity contribution < 1.29 is 19.4 Å². The number of nitrogen functional groups attached to an aromatic ring is 1. The van der Waals surface area contributed by atoms with Gasteiger partial charge in [-0.1, -0.05) is 54.1 Å². The van der Waals surface area contributed by atoms with Crippen LogP contribution < -0.4 is 5.73 Å². The number of cyclic esters (lactones) is 1. The normalized spacial score (nSPS) is 23.1. The van der Waals surface area contributed by atoms with Crippen molar-refractivity contribution in [1.82, 2.24) is 19.3 Å². The first-order valence-electron chi connectivity index (χ1n) is 12.4. The lowest BCUT2D eigenvalue weighted by molar-refractivity contribution is -0.0470. The number of aliphatic hydroxyl groups is 1. The van der Waals surface area contributed by atoms with Crippen molar-refractivity contribution in [3.63, 3.8) is 0 Å². The molecule has 9 nitrogen and oxygen atoms in total. The van der Waals surface area contributed by atoms with Gasteiger partial charge in [-0.05, 0) is 31.9 Å². The van der Waals surface area contributed by atoms with Gasteiger partial charge in [-0.3, -0.25) is 9.30 Å². The fourth-order valence-corrected chi connectivity index (χ4v) is 5.31. The largest absolute Gasteiger partial charge is 0.444 e. The number of nitrogens with zero attached hydrogens (tertiary/aromatic N) is 4. The van der Waals surface area contributed by atoms with E-state index in [2.05, 4.69) is 4.98 Å². The number of aromatic nitrogens is 3. The number of amides is 1. The molecule has 4 atom stereocenters. The van der Waals surface area contributed by atoms with E-state index >= 15 is 0 Å². The van der Waals surface area contributed by atoms with E-state index in [0.717, 1.165) is 22.3 Å². The third-order valence-corrected chi connectivity index (χ3v) is 7.49. The molecule has 37 heavy (non-hydrogen) atoms. The van der Waals surface area contributed by atoms with Gasteiger partial charge in [0.2, 0.25) is 0 Å². The predicted octanol–water partition coefficient (Wildman–Crippen LogP) is 3.82. The summed E-state index contributed by atoms with van der Waals surface area (Å²) in [7, 11) is 0. The number of carbonyl (C=O) groups is 1. The molecular formula is C28H29N5O4. The molecule has 0 aliphatic carbocycles. The lowest BCUT2D eigenvalue weighted by Crippen LogP contribution is -2.47. The first-order chi connectivity index (χ1) is 17.7. The highest BCUT2D eigenvalue weighted by atomic mass is 16.6. The van der Waals surface area contributed by atoms with Crippen molar-refractivity contribution in [2.24, 2.45) is 0 Å². The van der Waals surface area contributed by atoms with E-state index in [1.165, 1.54) is 0 Å². The van der Waals surface area contributed by atoms with Crippen LogP contribution in [-0.2, 0) is 15.1 Å². The van der Waals surface area contributed by atoms with Crippen LogP contribution >= 0.6 is 0 Å². The smallest absolute Gasteiger partial charge is 0.410 e. The van der Waals surface area contributed by atoms with Crippen LogP contribution in [-0.4, -0.2) is 55.8 Å². The molecule has 0 radical (unpaired) electrons. The van der Waals surface area contributed by atoms with Gasteiger partial charge in [-0.15, -0.1) is 0 Å². The summed E-state index contributed by atoms with van der Waals surface area (Å²) in [6.07, 6.45) is 2.44. The molecule has 4 heterocycles. The minimum atomic E-state index is -1.15. The van der Waals surface area contributed by atoms with E-state index in [9.17, 15) is 9.90 Å². The highest BCUT2D eigenvalue weighted by Gasteiger charge is 2.45. The van der Waals surface area contributed by atoms with E-state index in [1.54, 1.807) is 24.2 Å². The van der Waals surface area contributed by atoms with Gasteiger partial charge in [0.15, 0.2) is 0 Å². The summed E-state index contributed by atoms with van der Waals surface area (Å²) in [5.41, 5.74) is 9.99. The van der Waals surface area contributed by atoms with Crippen LogP contribution in [0.2, 0.25) is 0 Å². The van der Waals surface area contributed by atoms with Gasteiger partial charge < -0.3 is 20.3 Å². The summed E-state index contributed by atoms with van der Waals surface area (Å²) in [5, 5.41) is 11.3. The Morgan fingerprint density at radius 3 is 2.70 bits per heavy atom. The van der Waals surface area contributed by atoms with Gasteiger partial charge in [0.25, 0.3) is 0 Å². The Bertz CT molecular complexity index is 1500. The lowest BCUT2D eigenvalue weighted by atomic mass is 9.87. The number of carbonyl (C=O) groups excluding carboxylic acids is 1. The van der Waals surface area contributed by atoms with Crippen molar-refractivity contribution in [3.05, 3.63) is 83.4 Å². The maximum Gasteiger partial charge on any atom is 0.410 e. The minimum absolute atomic E-state index is 0.102. The third kappa shape index (κ3) is 3.82. The second-order valence-corrected chi connectivity index (χ2v) is 10.00. The molecule has 2 aromatic carbocycles. The summed E-state index contributed by atoms with van der Waals surface area (Å²) >= 11 is 0. The van der Waals surface area contributed by atoms with Crippen molar-refractivity contribution in [1.29, 1.82) is 0 Å². The van der Waals surface area contributed by atoms with E-state index in [0.29, 0.717) is 36.0 Å². The van der Waals surface area contributed by atoms with Gasteiger partial charge in [0.05, 0.1) is 19.2 Å².